The summed E-state index contributed by atoms with van der Waals surface area (Å²) in [6.45, 7) is 6.40. The van der Waals surface area contributed by atoms with Crippen molar-refractivity contribution in [2.75, 3.05) is 26.2 Å². The van der Waals surface area contributed by atoms with E-state index in [1.807, 2.05) is 31.2 Å². The Labute approximate surface area is 116 Å². The number of ether oxygens (including phenoxy) is 1. The molecule has 1 fully saturated rings. The Morgan fingerprint density at radius 3 is 2.53 bits per heavy atom. The summed E-state index contributed by atoms with van der Waals surface area (Å²) in [6.07, 6.45) is 4.17. The van der Waals surface area contributed by atoms with E-state index in [0.29, 0.717) is 0 Å². The Bertz CT molecular complexity index is 358. The molecule has 0 amide bonds. The quantitative estimate of drug-likeness (QED) is 0.768. The number of hydrogen-bond acceptors (Lipinski definition) is 3. The largest absolute Gasteiger partial charge is 0.494 e. The lowest BCUT2D eigenvalue weighted by atomic mass is 10.1. The van der Waals surface area contributed by atoms with Crippen molar-refractivity contribution in [1.29, 1.82) is 0 Å². The first-order valence-electron chi connectivity index (χ1n) is 7.43. The summed E-state index contributed by atoms with van der Waals surface area (Å²) >= 11 is 0. The number of aliphatic hydroxyl groups is 1. The van der Waals surface area contributed by atoms with Crippen LogP contribution in [0.3, 0.4) is 0 Å². The number of aliphatic hydroxyl groups excluding tert-OH is 1. The molecule has 0 aromatic heterocycles. The third kappa shape index (κ3) is 4.51. The molecule has 1 aliphatic heterocycles. The minimum absolute atomic E-state index is 0.357. The van der Waals surface area contributed by atoms with Crippen LogP contribution in [0.1, 0.15) is 44.3 Å². The van der Waals surface area contributed by atoms with E-state index < -0.39 is 0 Å². The highest BCUT2D eigenvalue weighted by Crippen LogP contribution is 2.19. The maximum Gasteiger partial charge on any atom is 0.119 e. The Balaban J connectivity index is 1.67. The fourth-order valence-corrected chi connectivity index (χ4v) is 2.51. The molecule has 1 atom stereocenters. The van der Waals surface area contributed by atoms with Gasteiger partial charge in [-0.3, -0.25) is 0 Å². The highest BCUT2D eigenvalue weighted by atomic mass is 16.5. The van der Waals surface area contributed by atoms with E-state index >= 15 is 0 Å². The summed E-state index contributed by atoms with van der Waals surface area (Å²) in [5, 5.41) is 9.71. The zero-order valence-corrected chi connectivity index (χ0v) is 11.8. The summed E-state index contributed by atoms with van der Waals surface area (Å²) in [5.74, 6) is 0.897. The van der Waals surface area contributed by atoms with E-state index in [0.717, 1.165) is 37.3 Å². The van der Waals surface area contributed by atoms with Crippen LogP contribution in [0.4, 0.5) is 0 Å². The molecule has 3 heteroatoms. The van der Waals surface area contributed by atoms with Crippen molar-refractivity contribution < 1.29 is 9.84 Å². The van der Waals surface area contributed by atoms with Crippen LogP contribution < -0.4 is 4.74 Å². The first-order chi connectivity index (χ1) is 9.29. The molecule has 0 radical (unpaired) electrons. The molecule has 1 aliphatic rings. The molecular formula is C16H25NO2. The van der Waals surface area contributed by atoms with Gasteiger partial charge in [0.25, 0.3) is 0 Å². The van der Waals surface area contributed by atoms with Crippen LogP contribution in [0.5, 0.6) is 5.75 Å². The van der Waals surface area contributed by atoms with E-state index in [1.54, 1.807) is 0 Å². The zero-order chi connectivity index (χ0) is 13.5. The average molecular weight is 263 g/mol. The van der Waals surface area contributed by atoms with E-state index in [4.69, 9.17) is 4.74 Å². The van der Waals surface area contributed by atoms with Crippen LogP contribution in [0.2, 0.25) is 0 Å². The first kappa shape index (κ1) is 14.4. The fraction of sp³-hybridized carbons (Fsp3) is 0.625. The standard InChI is InChI=1S/C16H25NO2/c1-2-16(18)14-6-8-15(9-7-14)19-13-5-12-17-10-3-4-11-17/h6-9,16,18H,2-5,10-13H2,1H3. The number of benzene rings is 1. The van der Waals surface area contributed by atoms with Gasteiger partial charge in [-0.05, 0) is 56.5 Å². The van der Waals surface area contributed by atoms with E-state index in [-0.39, 0.29) is 6.10 Å². The predicted octanol–water partition coefficient (Wildman–Crippen LogP) is 2.99. The van der Waals surface area contributed by atoms with Gasteiger partial charge < -0.3 is 14.7 Å². The summed E-state index contributed by atoms with van der Waals surface area (Å²) in [6, 6.07) is 7.79. The fourth-order valence-electron chi connectivity index (χ4n) is 2.51. The van der Waals surface area contributed by atoms with Crippen LogP contribution in [0, 0.1) is 0 Å². The molecule has 2 rings (SSSR count). The molecule has 1 saturated heterocycles. The Morgan fingerprint density at radius 2 is 1.89 bits per heavy atom. The van der Waals surface area contributed by atoms with Gasteiger partial charge in [0.05, 0.1) is 12.7 Å². The van der Waals surface area contributed by atoms with E-state index in [9.17, 15) is 5.11 Å². The van der Waals surface area contributed by atoms with Crippen LogP contribution in [0.25, 0.3) is 0 Å². The lowest BCUT2D eigenvalue weighted by molar-refractivity contribution is 0.173. The van der Waals surface area contributed by atoms with Gasteiger partial charge in [-0.2, -0.15) is 0 Å². The van der Waals surface area contributed by atoms with Crippen LogP contribution in [0.15, 0.2) is 24.3 Å². The second-order valence-electron chi connectivity index (χ2n) is 5.24. The van der Waals surface area contributed by atoms with Gasteiger partial charge >= 0.3 is 0 Å². The molecule has 1 heterocycles. The van der Waals surface area contributed by atoms with Gasteiger partial charge in [0.1, 0.15) is 5.75 Å². The van der Waals surface area contributed by atoms with Crippen molar-refractivity contribution in [1.82, 2.24) is 4.90 Å². The maximum absolute atomic E-state index is 9.71. The van der Waals surface area contributed by atoms with Crippen molar-refractivity contribution in [3.05, 3.63) is 29.8 Å². The summed E-state index contributed by atoms with van der Waals surface area (Å²) < 4.78 is 5.73. The van der Waals surface area contributed by atoms with Crippen molar-refractivity contribution in [3.63, 3.8) is 0 Å². The molecule has 0 spiro atoms. The lowest BCUT2D eigenvalue weighted by Crippen LogP contribution is -2.21. The van der Waals surface area contributed by atoms with Gasteiger partial charge in [0, 0.05) is 6.54 Å². The van der Waals surface area contributed by atoms with Gasteiger partial charge in [-0.1, -0.05) is 19.1 Å². The number of rotatable bonds is 7. The Kier molecular flexibility index (Phi) is 5.67. The van der Waals surface area contributed by atoms with Crippen molar-refractivity contribution in [2.45, 2.75) is 38.7 Å². The maximum atomic E-state index is 9.71. The van der Waals surface area contributed by atoms with Gasteiger partial charge in [-0.25, -0.2) is 0 Å². The van der Waals surface area contributed by atoms with Crippen molar-refractivity contribution >= 4 is 0 Å². The van der Waals surface area contributed by atoms with Gasteiger partial charge in [0.15, 0.2) is 0 Å². The predicted molar refractivity (Wildman–Crippen MR) is 77.5 cm³/mol. The summed E-state index contributed by atoms with van der Waals surface area (Å²) in [4.78, 5) is 2.50. The first-order valence-corrected chi connectivity index (χ1v) is 7.43. The third-order valence-corrected chi connectivity index (χ3v) is 3.74. The Hall–Kier alpha value is -1.06. The van der Waals surface area contributed by atoms with Gasteiger partial charge in [0.2, 0.25) is 0 Å². The van der Waals surface area contributed by atoms with Crippen LogP contribution in [-0.2, 0) is 0 Å². The lowest BCUT2D eigenvalue weighted by Gasteiger charge is -2.14. The minimum atomic E-state index is -0.357. The van der Waals surface area contributed by atoms with E-state index in [1.165, 1.54) is 25.9 Å². The second kappa shape index (κ2) is 7.51. The molecule has 0 saturated carbocycles. The number of nitrogens with zero attached hydrogens (tertiary/aromatic N) is 1. The molecule has 0 aliphatic carbocycles. The molecule has 1 unspecified atom stereocenters. The smallest absolute Gasteiger partial charge is 0.119 e. The second-order valence-corrected chi connectivity index (χ2v) is 5.24. The SMILES string of the molecule is CCC(O)c1ccc(OCCCN2CCCC2)cc1. The van der Waals surface area contributed by atoms with Gasteiger partial charge in [-0.15, -0.1) is 0 Å². The average Bonchev–Trinajstić information content (AvgIpc) is 2.96. The molecule has 1 aromatic rings. The summed E-state index contributed by atoms with van der Waals surface area (Å²) in [5.41, 5.74) is 0.965. The normalized spacial score (nSPS) is 17.6. The van der Waals surface area contributed by atoms with Crippen molar-refractivity contribution in [2.24, 2.45) is 0 Å². The molecular weight excluding hydrogens is 238 g/mol. The highest BCUT2D eigenvalue weighted by molar-refractivity contribution is 5.28. The molecule has 1 aromatic carbocycles. The third-order valence-electron chi connectivity index (χ3n) is 3.74. The molecule has 1 N–H and O–H groups in total. The van der Waals surface area contributed by atoms with Crippen molar-refractivity contribution in [3.8, 4) is 5.75 Å². The zero-order valence-electron chi connectivity index (χ0n) is 11.8. The minimum Gasteiger partial charge on any atom is -0.494 e. The Morgan fingerprint density at radius 1 is 1.21 bits per heavy atom. The number of hydrogen-bond donors (Lipinski definition) is 1. The molecule has 106 valence electrons. The molecule has 0 bridgehead atoms. The van der Waals surface area contributed by atoms with E-state index in [2.05, 4.69) is 4.90 Å². The topological polar surface area (TPSA) is 32.7 Å². The highest BCUT2D eigenvalue weighted by Gasteiger charge is 2.10. The summed E-state index contributed by atoms with van der Waals surface area (Å²) in [7, 11) is 0. The molecule has 3 nitrogen and oxygen atoms in total. The number of likely N-dealkylation sites (tertiary alicyclic amines) is 1. The molecule has 19 heavy (non-hydrogen) atoms. The monoisotopic (exact) mass is 263 g/mol. The van der Waals surface area contributed by atoms with Crippen LogP contribution >= 0.6 is 0 Å². The van der Waals surface area contributed by atoms with Crippen LogP contribution in [-0.4, -0.2) is 36.2 Å².